The first-order chi connectivity index (χ1) is 6.97. The molecule has 0 spiro atoms. The third-order valence-electron chi connectivity index (χ3n) is 2.67. The van der Waals surface area contributed by atoms with Crippen LogP contribution in [0.5, 0.6) is 5.75 Å². The molecule has 0 unspecified atom stereocenters. The van der Waals surface area contributed by atoms with Crippen molar-refractivity contribution in [3.63, 3.8) is 0 Å². The Kier molecular flexibility index (Phi) is 3.57. The van der Waals surface area contributed by atoms with Gasteiger partial charge in [0, 0.05) is 0 Å². The highest BCUT2D eigenvalue weighted by Gasteiger charge is 2.13. The van der Waals surface area contributed by atoms with Crippen molar-refractivity contribution in [3.8, 4) is 5.75 Å². The molecule has 82 valence electrons. The van der Waals surface area contributed by atoms with Gasteiger partial charge < -0.3 is 5.11 Å². The molecule has 1 rings (SSSR count). The number of aromatic hydroxyl groups is 1. The van der Waals surface area contributed by atoms with Crippen LogP contribution >= 0.6 is 0 Å². The van der Waals surface area contributed by atoms with Crippen molar-refractivity contribution in [1.82, 2.24) is 0 Å². The van der Waals surface area contributed by atoms with Crippen LogP contribution in [-0.4, -0.2) is 5.11 Å². The fourth-order valence-corrected chi connectivity index (χ4v) is 1.70. The maximum Gasteiger partial charge on any atom is 0.122 e. The molecular formula is C14H20O. The molecule has 0 saturated heterocycles. The van der Waals surface area contributed by atoms with Crippen molar-refractivity contribution < 1.29 is 5.11 Å². The number of rotatable bonds is 3. The molecule has 1 nitrogen and oxygen atoms in total. The maximum absolute atomic E-state index is 10.1. The molecule has 0 bridgehead atoms. The lowest BCUT2D eigenvalue weighted by Crippen LogP contribution is -1.96. The minimum Gasteiger partial charge on any atom is -0.507 e. The van der Waals surface area contributed by atoms with Gasteiger partial charge in [-0.2, -0.15) is 0 Å². The minimum atomic E-state index is 0.336. The highest BCUT2D eigenvalue weighted by atomic mass is 16.3. The zero-order valence-corrected chi connectivity index (χ0v) is 10.0. The summed E-state index contributed by atoms with van der Waals surface area (Å²) in [6.45, 7) is 12.1. The smallest absolute Gasteiger partial charge is 0.122 e. The van der Waals surface area contributed by atoms with Gasteiger partial charge in [0.25, 0.3) is 0 Å². The van der Waals surface area contributed by atoms with Gasteiger partial charge in [-0.25, -0.2) is 0 Å². The van der Waals surface area contributed by atoms with E-state index in [1.807, 2.05) is 18.2 Å². The van der Waals surface area contributed by atoms with Gasteiger partial charge in [-0.05, 0) is 40.7 Å². The molecule has 1 heteroatoms. The Morgan fingerprint density at radius 2 is 1.47 bits per heavy atom. The van der Waals surface area contributed by atoms with Crippen molar-refractivity contribution in [2.75, 3.05) is 0 Å². The van der Waals surface area contributed by atoms with Crippen LogP contribution < -0.4 is 0 Å². The molecule has 0 heterocycles. The van der Waals surface area contributed by atoms with Gasteiger partial charge in [0.1, 0.15) is 5.75 Å². The van der Waals surface area contributed by atoms with Crippen LogP contribution in [0.2, 0.25) is 0 Å². The molecule has 0 amide bonds. The van der Waals surface area contributed by atoms with Crippen molar-refractivity contribution >= 4 is 6.08 Å². The quantitative estimate of drug-likeness (QED) is 0.779. The number of hydrogen-bond acceptors (Lipinski definition) is 1. The second kappa shape index (κ2) is 4.52. The van der Waals surface area contributed by atoms with Crippen LogP contribution in [0.15, 0.2) is 18.7 Å². The number of hydrogen-bond donors (Lipinski definition) is 1. The van der Waals surface area contributed by atoms with Gasteiger partial charge in [-0.3, -0.25) is 0 Å². The summed E-state index contributed by atoms with van der Waals surface area (Å²) >= 11 is 0. The SMILES string of the molecule is C=Cc1cc(C(C)C)c(O)c(C(C)C)c1. The molecule has 0 saturated carbocycles. The van der Waals surface area contributed by atoms with E-state index in [1.165, 1.54) is 0 Å². The van der Waals surface area contributed by atoms with E-state index in [0.717, 1.165) is 16.7 Å². The van der Waals surface area contributed by atoms with E-state index in [1.54, 1.807) is 0 Å². The first-order valence-electron chi connectivity index (χ1n) is 5.46. The molecule has 0 aromatic heterocycles. The molecule has 1 aromatic carbocycles. The standard InChI is InChI=1S/C14H20O/c1-6-11-7-12(9(2)3)14(15)13(8-11)10(4)5/h6-10,15H,1H2,2-5H3. The zero-order valence-electron chi connectivity index (χ0n) is 10.0. The van der Waals surface area contributed by atoms with Crippen LogP contribution in [0.4, 0.5) is 0 Å². The van der Waals surface area contributed by atoms with Crippen LogP contribution in [0, 0.1) is 0 Å². The van der Waals surface area contributed by atoms with Gasteiger partial charge in [-0.1, -0.05) is 40.3 Å². The number of phenols is 1. The molecule has 0 radical (unpaired) electrons. The fourth-order valence-electron chi connectivity index (χ4n) is 1.70. The summed E-state index contributed by atoms with van der Waals surface area (Å²) in [4.78, 5) is 0. The summed E-state index contributed by atoms with van der Waals surface area (Å²) in [6.07, 6.45) is 1.83. The molecule has 0 aliphatic heterocycles. The molecule has 15 heavy (non-hydrogen) atoms. The monoisotopic (exact) mass is 204 g/mol. The zero-order chi connectivity index (χ0) is 11.6. The Bertz CT molecular complexity index is 333. The van der Waals surface area contributed by atoms with Crippen LogP contribution in [-0.2, 0) is 0 Å². The second-order valence-corrected chi connectivity index (χ2v) is 4.56. The number of benzene rings is 1. The summed E-state index contributed by atoms with van der Waals surface area (Å²) < 4.78 is 0. The Labute approximate surface area is 92.5 Å². The van der Waals surface area contributed by atoms with Crippen LogP contribution in [0.3, 0.4) is 0 Å². The Balaban J connectivity index is 3.40. The molecule has 0 atom stereocenters. The molecule has 0 aliphatic carbocycles. The van der Waals surface area contributed by atoms with Crippen molar-refractivity contribution in [3.05, 3.63) is 35.4 Å². The summed E-state index contributed by atoms with van der Waals surface area (Å²) in [5.41, 5.74) is 3.10. The Morgan fingerprint density at radius 3 is 1.73 bits per heavy atom. The highest BCUT2D eigenvalue weighted by molar-refractivity contribution is 5.56. The molecular weight excluding hydrogens is 184 g/mol. The molecule has 1 aromatic rings. The van der Waals surface area contributed by atoms with E-state index in [4.69, 9.17) is 0 Å². The molecule has 1 N–H and O–H groups in total. The highest BCUT2D eigenvalue weighted by Crippen LogP contribution is 2.34. The lowest BCUT2D eigenvalue weighted by molar-refractivity contribution is 0.454. The Hall–Kier alpha value is -1.24. The topological polar surface area (TPSA) is 20.2 Å². The first kappa shape index (κ1) is 11.8. The normalized spacial score (nSPS) is 11.1. The van der Waals surface area contributed by atoms with Gasteiger partial charge in [0.05, 0.1) is 0 Å². The van der Waals surface area contributed by atoms with Gasteiger partial charge >= 0.3 is 0 Å². The van der Waals surface area contributed by atoms with Gasteiger partial charge in [0.15, 0.2) is 0 Å². The van der Waals surface area contributed by atoms with E-state index >= 15 is 0 Å². The summed E-state index contributed by atoms with van der Waals surface area (Å²) in [5.74, 6) is 1.12. The average Bonchev–Trinajstić information content (AvgIpc) is 2.17. The third kappa shape index (κ3) is 2.41. The van der Waals surface area contributed by atoms with E-state index < -0.39 is 0 Å². The van der Waals surface area contributed by atoms with Crippen molar-refractivity contribution in [2.45, 2.75) is 39.5 Å². The van der Waals surface area contributed by atoms with Crippen molar-refractivity contribution in [1.29, 1.82) is 0 Å². The lowest BCUT2D eigenvalue weighted by Gasteiger charge is -2.16. The molecule has 0 aliphatic rings. The predicted molar refractivity (Wildman–Crippen MR) is 66.4 cm³/mol. The maximum atomic E-state index is 10.1. The first-order valence-corrected chi connectivity index (χ1v) is 5.46. The van der Waals surface area contributed by atoms with E-state index in [-0.39, 0.29) is 0 Å². The summed E-state index contributed by atoms with van der Waals surface area (Å²) in [6, 6.07) is 4.03. The molecule has 0 fully saturated rings. The van der Waals surface area contributed by atoms with Gasteiger partial charge in [-0.15, -0.1) is 0 Å². The average molecular weight is 204 g/mol. The summed E-state index contributed by atoms with van der Waals surface area (Å²) in [7, 11) is 0. The van der Waals surface area contributed by atoms with Gasteiger partial charge in [0.2, 0.25) is 0 Å². The third-order valence-corrected chi connectivity index (χ3v) is 2.67. The van der Waals surface area contributed by atoms with Crippen molar-refractivity contribution in [2.24, 2.45) is 0 Å². The van der Waals surface area contributed by atoms with E-state index in [0.29, 0.717) is 17.6 Å². The van der Waals surface area contributed by atoms with E-state index in [9.17, 15) is 5.11 Å². The summed E-state index contributed by atoms with van der Waals surface area (Å²) in [5, 5.41) is 10.1. The largest absolute Gasteiger partial charge is 0.507 e. The van der Waals surface area contributed by atoms with Crippen LogP contribution in [0.25, 0.3) is 6.08 Å². The van der Waals surface area contributed by atoms with E-state index in [2.05, 4.69) is 34.3 Å². The minimum absolute atomic E-state index is 0.336. The Morgan fingerprint density at radius 1 is 1.07 bits per heavy atom. The lowest BCUT2D eigenvalue weighted by atomic mass is 9.91. The predicted octanol–water partition coefficient (Wildman–Crippen LogP) is 4.28. The number of phenolic OH excluding ortho intramolecular Hbond substituents is 1. The fraction of sp³-hybridized carbons (Fsp3) is 0.429. The van der Waals surface area contributed by atoms with Crippen LogP contribution in [0.1, 0.15) is 56.2 Å². The second-order valence-electron chi connectivity index (χ2n) is 4.56.